The molecule has 0 atom stereocenters. The third-order valence-corrected chi connectivity index (χ3v) is 0.0861. The first-order chi connectivity index (χ1) is 1.91. The van der Waals surface area contributed by atoms with E-state index in [1.807, 2.05) is 0 Å². The fraction of sp³-hybridized carbons (Fsp3) is 0. The van der Waals surface area contributed by atoms with Crippen molar-refractivity contribution in [3.05, 3.63) is 12.8 Å². The van der Waals surface area contributed by atoms with Crippen molar-refractivity contribution in [3.63, 3.8) is 0 Å². The Morgan fingerprint density at radius 2 is 1.80 bits per heavy atom. The molecule has 0 aliphatic carbocycles. The van der Waals surface area contributed by atoms with Crippen LogP contribution in [0, 0.1) is 6.58 Å². The molecule has 2 heteroatoms. The van der Waals surface area contributed by atoms with E-state index in [0.717, 1.165) is 6.20 Å². The zero-order valence-electron chi connectivity index (χ0n) is 2.51. The first kappa shape index (κ1) is 8.87. The van der Waals surface area contributed by atoms with E-state index in [1.54, 1.807) is 0 Å². The molecule has 5 heavy (non-hydrogen) atoms. The second-order valence-corrected chi connectivity index (χ2v) is 0.298. The zero-order valence-corrected chi connectivity index (χ0v) is 3.55. The number of aliphatic imine (C=N–C) groups is 1. The summed E-state index contributed by atoms with van der Waals surface area (Å²) in [4.78, 5) is 2.89. The van der Waals surface area contributed by atoms with Gasteiger partial charge in [-0.05, 0) is 0 Å². The molecule has 0 aliphatic heterocycles. The predicted octanol–water partition coefficient (Wildman–Crippen LogP) is 0.508. The van der Waals surface area contributed by atoms with Crippen LogP contribution in [-0.4, -0.2) is 6.72 Å². The van der Waals surface area contributed by atoms with Crippen molar-refractivity contribution in [2.24, 2.45) is 4.99 Å². The molecule has 29 valence electrons. The molecule has 0 aromatic heterocycles. The van der Waals surface area contributed by atoms with Crippen LogP contribution < -0.4 is 0 Å². The molecule has 0 heterocycles. The van der Waals surface area contributed by atoms with Crippen LogP contribution in [0.5, 0.6) is 0 Å². The average Bonchev–Trinajstić information content (AvgIpc) is 1.37. The summed E-state index contributed by atoms with van der Waals surface area (Å²) in [6, 6.07) is 0. The molecule has 0 N–H and O–H groups in total. The molecule has 1 nitrogen and oxygen atoms in total. The quantitative estimate of drug-likeness (QED) is 0.346. The Labute approximate surface area is 42.0 Å². The van der Waals surface area contributed by atoms with Crippen LogP contribution >= 0.6 is 0 Å². The van der Waals surface area contributed by atoms with Gasteiger partial charge in [0.05, 0.1) is 0 Å². The molecule has 0 saturated carbocycles. The van der Waals surface area contributed by atoms with Gasteiger partial charge in [-0.25, -0.2) is 0 Å². The van der Waals surface area contributed by atoms with E-state index in [9.17, 15) is 0 Å². The van der Waals surface area contributed by atoms with Gasteiger partial charge in [0.25, 0.3) is 0 Å². The molecule has 0 aromatic rings. The molecule has 0 amide bonds. The van der Waals surface area contributed by atoms with Crippen LogP contribution in [0.4, 0.5) is 0 Å². The number of hydrogen-bond donors (Lipinski definition) is 0. The summed E-state index contributed by atoms with van der Waals surface area (Å²) in [6.07, 6.45) is 1.03. The summed E-state index contributed by atoms with van der Waals surface area (Å²) in [7, 11) is 0. The van der Waals surface area contributed by atoms with Crippen LogP contribution in [0.15, 0.2) is 11.2 Å². The minimum Gasteiger partial charge on any atom is -0.601 e. The second-order valence-electron chi connectivity index (χ2n) is 0.298. The van der Waals surface area contributed by atoms with Gasteiger partial charge < -0.3 is 17.8 Å². The van der Waals surface area contributed by atoms with E-state index in [4.69, 9.17) is 0 Å². The van der Waals surface area contributed by atoms with E-state index in [0.29, 0.717) is 0 Å². The molecule has 0 bridgehead atoms. The van der Waals surface area contributed by atoms with E-state index in [1.165, 1.54) is 0 Å². The fourth-order valence-electron chi connectivity index (χ4n) is 0. The van der Waals surface area contributed by atoms with Crippen LogP contribution in [0.2, 0.25) is 0 Å². The minimum absolute atomic E-state index is 0. The van der Waals surface area contributed by atoms with Gasteiger partial charge >= 0.3 is 16.8 Å². The number of rotatable bonds is 1. The van der Waals surface area contributed by atoms with Crippen LogP contribution in [0.3, 0.4) is 0 Å². The maximum atomic E-state index is 4.61. The Hall–Kier alpha value is -0.0835. The van der Waals surface area contributed by atoms with E-state index in [-0.39, 0.29) is 16.8 Å². The molecule has 0 fully saturated rings. The molecule has 0 spiro atoms. The van der Waals surface area contributed by atoms with E-state index in [2.05, 4.69) is 18.3 Å². The van der Waals surface area contributed by atoms with Crippen molar-refractivity contribution < 1.29 is 16.8 Å². The zero-order chi connectivity index (χ0) is 3.41. The van der Waals surface area contributed by atoms with Gasteiger partial charge in [-0.1, -0.05) is 0 Å². The summed E-state index contributed by atoms with van der Waals surface area (Å²) < 4.78 is 0. The van der Waals surface area contributed by atoms with Crippen molar-refractivity contribution in [2.75, 3.05) is 0 Å². The second kappa shape index (κ2) is 9.07. The third kappa shape index (κ3) is 17.1. The van der Waals surface area contributed by atoms with E-state index >= 15 is 0 Å². The molecule has 0 saturated heterocycles. The summed E-state index contributed by atoms with van der Waals surface area (Å²) in [5.74, 6) is 0. The number of nitrogens with zero attached hydrogens (tertiary/aromatic N) is 1. The van der Waals surface area contributed by atoms with Gasteiger partial charge in [0.1, 0.15) is 0 Å². The van der Waals surface area contributed by atoms with Gasteiger partial charge in [-0.2, -0.15) is 6.72 Å². The molecule has 0 rings (SSSR count). The largest absolute Gasteiger partial charge is 2.00 e. The maximum absolute atomic E-state index is 4.61. The van der Waals surface area contributed by atoms with Gasteiger partial charge in [-0.15, -0.1) is 0 Å². The van der Waals surface area contributed by atoms with Crippen molar-refractivity contribution in [2.45, 2.75) is 0 Å². The van der Waals surface area contributed by atoms with Gasteiger partial charge in [0.15, 0.2) is 0 Å². The summed E-state index contributed by atoms with van der Waals surface area (Å²) in [6.45, 7) is 9.08. The first-order valence-corrected chi connectivity index (χ1v) is 0.850. The normalized spacial score (nSPS) is 4.00. The molecule has 0 unspecified atom stereocenters. The summed E-state index contributed by atoms with van der Waals surface area (Å²) in [5.41, 5.74) is 0. The number of hydrogen-bond acceptors (Lipinski definition) is 1. The average molecular weight is 112 g/mol. The fourth-order valence-corrected chi connectivity index (χ4v) is 0. The predicted molar refractivity (Wildman–Crippen MR) is 17.4 cm³/mol. The SMILES string of the molecule is [CH-]=CN=[CH-].[Co+2]. The van der Waals surface area contributed by atoms with Crippen molar-refractivity contribution in [1.82, 2.24) is 0 Å². The Balaban J connectivity index is 0. The Morgan fingerprint density at radius 3 is 1.80 bits per heavy atom. The molecule has 0 aliphatic rings. The maximum Gasteiger partial charge on any atom is 2.00 e. The topological polar surface area (TPSA) is 12.4 Å². The monoisotopic (exact) mass is 112 g/mol. The minimum atomic E-state index is 0. The first-order valence-electron chi connectivity index (χ1n) is 0.850. The van der Waals surface area contributed by atoms with Crippen molar-refractivity contribution in [1.29, 1.82) is 0 Å². The summed E-state index contributed by atoms with van der Waals surface area (Å²) in [5, 5.41) is 0. The third-order valence-electron chi connectivity index (χ3n) is 0.0861. The Morgan fingerprint density at radius 1 is 1.60 bits per heavy atom. The van der Waals surface area contributed by atoms with Gasteiger partial charge in [0.2, 0.25) is 0 Å². The summed E-state index contributed by atoms with van der Waals surface area (Å²) >= 11 is 0. The van der Waals surface area contributed by atoms with Crippen LogP contribution in [0.1, 0.15) is 0 Å². The smallest absolute Gasteiger partial charge is 0.601 e. The standard InChI is InChI=1S/C3H3N.Co/c1-3-4-2;/h1-3H;/q-2;+2. The Bertz CT molecular complexity index is 27.9. The molecular formula is C3H3CoN. The van der Waals surface area contributed by atoms with Crippen molar-refractivity contribution in [3.8, 4) is 0 Å². The van der Waals surface area contributed by atoms with Crippen LogP contribution in [-0.2, 0) is 16.8 Å². The molecule has 0 aromatic carbocycles. The van der Waals surface area contributed by atoms with Gasteiger partial charge in [0, 0.05) is 0 Å². The van der Waals surface area contributed by atoms with Gasteiger partial charge in [-0.3, -0.25) is 0 Å². The van der Waals surface area contributed by atoms with Crippen LogP contribution in [0.25, 0.3) is 0 Å². The van der Waals surface area contributed by atoms with E-state index < -0.39 is 0 Å². The Kier molecular flexibility index (Phi) is 16.1. The molecule has 1 radical (unpaired) electrons. The van der Waals surface area contributed by atoms with Crippen molar-refractivity contribution >= 4 is 6.72 Å². The molecular weight excluding hydrogens is 109 g/mol.